The molecule has 2 atom stereocenters. The molecule has 1 unspecified atom stereocenters. The van der Waals surface area contributed by atoms with Crippen molar-refractivity contribution in [1.29, 1.82) is 0 Å². The number of carbonyl (C=O) groups excluding carboxylic acids is 5. The maximum atomic E-state index is 13.4. The van der Waals surface area contributed by atoms with Gasteiger partial charge in [0.1, 0.15) is 18.7 Å². The molecule has 17 nitrogen and oxygen atoms in total. The van der Waals surface area contributed by atoms with Gasteiger partial charge in [0.25, 0.3) is 0 Å². The quantitative estimate of drug-likeness (QED) is 0.0808. The van der Waals surface area contributed by atoms with Crippen LogP contribution in [0.3, 0.4) is 0 Å². The molecule has 0 aliphatic carbocycles. The molecule has 6 amide bonds. The van der Waals surface area contributed by atoms with Crippen LogP contribution in [0, 0.1) is 11.3 Å². The Morgan fingerprint density at radius 1 is 0.849 bits per heavy atom. The Morgan fingerprint density at radius 3 is 2.09 bits per heavy atom. The first-order valence-electron chi connectivity index (χ1n) is 17.9. The summed E-state index contributed by atoms with van der Waals surface area (Å²) in [6.45, 7) is 17.5. The lowest BCUT2D eigenvalue weighted by molar-refractivity contribution is -0.154. The monoisotopic (exact) mass is 745 g/mol. The molecule has 0 spiro atoms. The number of nitrogens with two attached hydrogens (primary N) is 1. The zero-order chi connectivity index (χ0) is 39.6. The number of aromatic nitrogens is 3. The van der Waals surface area contributed by atoms with E-state index in [1.165, 1.54) is 0 Å². The van der Waals surface area contributed by atoms with Crippen molar-refractivity contribution in [3.8, 4) is 0 Å². The van der Waals surface area contributed by atoms with Gasteiger partial charge < -0.3 is 46.5 Å². The molecule has 0 aliphatic heterocycles. The molecule has 0 fully saturated rings. The third-order valence-corrected chi connectivity index (χ3v) is 7.72. The predicted octanol–water partition coefficient (Wildman–Crippen LogP) is 2.59. The van der Waals surface area contributed by atoms with Gasteiger partial charge in [0, 0.05) is 30.4 Å². The first-order chi connectivity index (χ1) is 24.9. The largest absolute Gasteiger partial charge is 0.460 e. The summed E-state index contributed by atoms with van der Waals surface area (Å²) in [6, 6.07) is 3.54. The van der Waals surface area contributed by atoms with Crippen molar-refractivity contribution in [2.24, 2.45) is 17.1 Å². The van der Waals surface area contributed by atoms with Gasteiger partial charge in [-0.05, 0) is 57.2 Å². The number of hydrogen-bond acceptors (Lipinski definition) is 10. The first kappa shape index (κ1) is 44.4. The van der Waals surface area contributed by atoms with Crippen LogP contribution in [0.5, 0.6) is 0 Å². The first-order valence-corrected chi connectivity index (χ1v) is 17.9. The second kappa shape index (κ2) is 21.7. The molecule has 2 aromatic rings. The normalized spacial score (nSPS) is 12.8. The molecule has 0 aliphatic rings. The van der Waals surface area contributed by atoms with Gasteiger partial charge in [-0.25, -0.2) is 14.3 Å². The zero-order valence-corrected chi connectivity index (χ0v) is 32.4. The highest BCUT2D eigenvalue weighted by molar-refractivity contribution is 5.98. The molecule has 17 heteroatoms. The number of urea groups is 2. The summed E-state index contributed by atoms with van der Waals surface area (Å²) in [6.07, 6.45) is 2.42. The van der Waals surface area contributed by atoms with Crippen LogP contribution in [-0.4, -0.2) is 96.4 Å². The summed E-state index contributed by atoms with van der Waals surface area (Å²) in [5.74, 6) is -1.69. The third-order valence-electron chi connectivity index (χ3n) is 7.72. The number of nitrogens with zero attached hydrogens (tertiary/aromatic N) is 3. The summed E-state index contributed by atoms with van der Waals surface area (Å²) >= 11 is 0. The summed E-state index contributed by atoms with van der Waals surface area (Å²) in [5, 5.41) is 21.7. The average Bonchev–Trinajstić information content (AvgIpc) is 3.56. The molecule has 2 rings (SSSR count). The van der Waals surface area contributed by atoms with Gasteiger partial charge in [-0.2, -0.15) is 0 Å². The molecule has 7 N–H and O–H groups in total. The number of carbonyl (C=O) groups is 5. The van der Waals surface area contributed by atoms with Gasteiger partial charge >= 0.3 is 18.0 Å². The lowest BCUT2D eigenvalue weighted by Gasteiger charge is -2.25. The maximum absolute atomic E-state index is 13.4. The lowest BCUT2D eigenvalue weighted by Crippen LogP contribution is -2.56. The van der Waals surface area contributed by atoms with Crippen molar-refractivity contribution >= 4 is 35.5 Å². The van der Waals surface area contributed by atoms with Gasteiger partial charge in [-0.15, -0.1) is 5.10 Å². The second-order valence-corrected chi connectivity index (χ2v) is 15.0. The average molecular weight is 746 g/mol. The fourth-order valence-electron chi connectivity index (χ4n) is 4.52. The molecule has 0 radical (unpaired) electrons. The van der Waals surface area contributed by atoms with E-state index in [2.05, 4.69) is 57.7 Å². The van der Waals surface area contributed by atoms with Gasteiger partial charge in [-0.3, -0.25) is 14.4 Å². The Kier molecular flexibility index (Phi) is 18.2. The maximum Gasteiger partial charge on any atom is 0.315 e. The Bertz CT molecular complexity index is 1470. The Balaban J connectivity index is 1.82. The van der Waals surface area contributed by atoms with E-state index in [1.807, 2.05) is 6.20 Å². The SMILES string of the molecule is CC(C)C(NC(=O)NCCOCCOCCn1cc(C(C)(C)C)nn1)C(=O)N[C@@H](CCCNC(N)=O)C(=O)Nc1ccc(COC(=O)C(C)(C)C)cc1. The van der Waals surface area contributed by atoms with Gasteiger partial charge in [0.15, 0.2) is 0 Å². The van der Waals surface area contributed by atoms with Crippen LogP contribution in [0.2, 0.25) is 0 Å². The summed E-state index contributed by atoms with van der Waals surface area (Å²) in [7, 11) is 0. The van der Waals surface area contributed by atoms with Crippen molar-refractivity contribution in [3.05, 3.63) is 41.7 Å². The molecular weight excluding hydrogens is 686 g/mol. The Hall–Kier alpha value is -4.77. The number of benzene rings is 1. The lowest BCUT2D eigenvalue weighted by atomic mass is 9.93. The number of esters is 1. The minimum absolute atomic E-state index is 0.0716. The number of anilines is 1. The highest BCUT2D eigenvalue weighted by Crippen LogP contribution is 2.19. The number of ether oxygens (including phenoxy) is 3. The molecule has 0 bridgehead atoms. The number of hydrogen-bond donors (Lipinski definition) is 6. The second-order valence-electron chi connectivity index (χ2n) is 15.0. The van der Waals surface area contributed by atoms with Gasteiger partial charge in [0.2, 0.25) is 11.8 Å². The Morgan fingerprint density at radius 2 is 1.51 bits per heavy atom. The van der Waals surface area contributed by atoms with E-state index >= 15 is 0 Å². The Labute approximate surface area is 312 Å². The van der Waals surface area contributed by atoms with Crippen molar-refractivity contribution in [3.63, 3.8) is 0 Å². The third kappa shape index (κ3) is 17.5. The number of rotatable bonds is 21. The van der Waals surface area contributed by atoms with E-state index < -0.39 is 41.4 Å². The molecule has 1 aromatic heterocycles. The number of amides is 6. The number of primary amides is 1. The van der Waals surface area contributed by atoms with Crippen LogP contribution in [0.15, 0.2) is 30.5 Å². The smallest absolute Gasteiger partial charge is 0.315 e. The molecule has 0 saturated heterocycles. The van der Waals surface area contributed by atoms with E-state index in [1.54, 1.807) is 63.6 Å². The van der Waals surface area contributed by atoms with Crippen molar-refractivity contribution in [2.45, 2.75) is 98.9 Å². The van der Waals surface area contributed by atoms with E-state index in [0.717, 1.165) is 11.3 Å². The minimum atomic E-state index is -0.997. The summed E-state index contributed by atoms with van der Waals surface area (Å²) < 4.78 is 18.2. The standard InChI is InChI=1S/C36H59N9O8/c1-24(2)29(42-34(50)39-16-18-51-20-21-52-19-17-45-22-28(43-44-45)35(3,4)5)31(47)41-27(10-9-15-38-33(37)49)30(46)40-26-13-11-25(12-14-26)23-53-32(48)36(6,7)8/h11-14,22,24,27,29H,9-10,15-21,23H2,1-8H3,(H,40,46)(H,41,47)(H3,37,38,49)(H2,39,42,50)/t27-,29?/m0/s1. The van der Waals surface area contributed by atoms with Crippen LogP contribution >= 0.6 is 0 Å². The molecule has 296 valence electrons. The fourth-order valence-corrected chi connectivity index (χ4v) is 4.52. The van der Waals surface area contributed by atoms with Crippen LogP contribution in [0.25, 0.3) is 0 Å². The van der Waals surface area contributed by atoms with Crippen LogP contribution in [-0.2, 0) is 47.2 Å². The van der Waals surface area contributed by atoms with E-state index in [4.69, 9.17) is 19.9 Å². The fraction of sp³-hybridized carbons (Fsp3) is 0.639. The topological polar surface area (TPSA) is 230 Å². The summed E-state index contributed by atoms with van der Waals surface area (Å²) in [4.78, 5) is 62.6. The number of nitrogens with one attached hydrogen (secondary N) is 5. The van der Waals surface area contributed by atoms with Gasteiger partial charge in [-0.1, -0.05) is 52.0 Å². The molecule has 53 heavy (non-hydrogen) atoms. The highest BCUT2D eigenvalue weighted by Gasteiger charge is 2.29. The van der Waals surface area contributed by atoms with E-state index in [9.17, 15) is 24.0 Å². The molecule has 0 saturated carbocycles. The summed E-state index contributed by atoms with van der Waals surface area (Å²) in [5.41, 5.74) is 6.57. The predicted molar refractivity (Wildman–Crippen MR) is 199 cm³/mol. The van der Waals surface area contributed by atoms with Crippen molar-refractivity contribution < 1.29 is 38.2 Å². The molecule has 1 heterocycles. The molecule has 1 aromatic carbocycles. The van der Waals surface area contributed by atoms with E-state index in [-0.39, 0.29) is 50.0 Å². The zero-order valence-electron chi connectivity index (χ0n) is 32.4. The van der Waals surface area contributed by atoms with Crippen molar-refractivity contribution in [1.82, 2.24) is 36.3 Å². The highest BCUT2D eigenvalue weighted by atomic mass is 16.5. The molecular formula is C36H59N9O8. The van der Waals surface area contributed by atoms with Crippen LogP contribution in [0.1, 0.15) is 79.5 Å². The minimum Gasteiger partial charge on any atom is -0.460 e. The van der Waals surface area contributed by atoms with Gasteiger partial charge in [0.05, 0.1) is 44.1 Å². The van der Waals surface area contributed by atoms with Crippen molar-refractivity contribution in [2.75, 3.05) is 44.8 Å². The van der Waals surface area contributed by atoms with Crippen LogP contribution in [0.4, 0.5) is 15.3 Å². The van der Waals surface area contributed by atoms with E-state index in [0.29, 0.717) is 38.5 Å². The van der Waals surface area contributed by atoms with Crippen LogP contribution < -0.4 is 32.3 Å².